The van der Waals surface area contributed by atoms with E-state index in [9.17, 15) is 0 Å². The van der Waals surface area contributed by atoms with Gasteiger partial charge in [0.2, 0.25) is 0 Å². The van der Waals surface area contributed by atoms with Crippen LogP contribution in [0.15, 0.2) is 42.5 Å². The van der Waals surface area contributed by atoms with E-state index in [2.05, 4.69) is 61.6 Å². The maximum atomic E-state index is 3.50. The molecule has 0 aromatic heterocycles. The molecule has 98 valence electrons. The lowest BCUT2D eigenvalue weighted by Crippen LogP contribution is -2.18. The summed E-state index contributed by atoms with van der Waals surface area (Å²) in [5, 5.41) is 3.50. The first-order chi connectivity index (χ1) is 9.24. The van der Waals surface area contributed by atoms with Gasteiger partial charge in [0.15, 0.2) is 0 Å². The smallest absolute Gasteiger partial charge is 0.0375 e. The molecule has 0 amide bonds. The van der Waals surface area contributed by atoms with Gasteiger partial charge in [-0.05, 0) is 55.4 Å². The van der Waals surface area contributed by atoms with E-state index in [4.69, 9.17) is 0 Å². The Morgan fingerprint density at radius 2 is 1.95 bits per heavy atom. The monoisotopic (exact) mass is 251 g/mol. The predicted octanol–water partition coefficient (Wildman–Crippen LogP) is 4.45. The van der Waals surface area contributed by atoms with E-state index in [-0.39, 0.29) is 0 Å². The number of para-hydroxylation sites is 1. The van der Waals surface area contributed by atoms with Crippen molar-refractivity contribution < 1.29 is 0 Å². The van der Waals surface area contributed by atoms with Crippen LogP contribution in [-0.4, -0.2) is 6.54 Å². The molecular formula is C18H21N. The lowest BCUT2D eigenvalue weighted by Gasteiger charge is -2.27. The van der Waals surface area contributed by atoms with Crippen LogP contribution < -0.4 is 5.32 Å². The molecule has 19 heavy (non-hydrogen) atoms. The highest BCUT2D eigenvalue weighted by molar-refractivity contribution is 5.55. The minimum atomic E-state index is 0.652. The van der Waals surface area contributed by atoms with Crippen molar-refractivity contribution in [3.8, 4) is 0 Å². The van der Waals surface area contributed by atoms with Crippen LogP contribution in [0.2, 0.25) is 0 Å². The molecule has 1 aliphatic heterocycles. The minimum Gasteiger partial charge on any atom is -0.385 e. The molecule has 0 radical (unpaired) electrons. The summed E-state index contributed by atoms with van der Waals surface area (Å²) in [5.41, 5.74) is 7.08. The van der Waals surface area contributed by atoms with E-state index < -0.39 is 0 Å². The van der Waals surface area contributed by atoms with E-state index in [1.54, 1.807) is 0 Å². The summed E-state index contributed by atoms with van der Waals surface area (Å²) in [5.74, 6) is 0.652. The molecule has 1 aliphatic rings. The Morgan fingerprint density at radius 1 is 1.11 bits per heavy atom. The van der Waals surface area contributed by atoms with E-state index in [0.717, 1.165) is 13.0 Å². The van der Waals surface area contributed by atoms with Gasteiger partial charge in [-0.15, -0.1) is 0 Å². The second-order valence-electron chi connectivity index (χ2n) is 5.63. The number of anilines is 1. The maximum absolute atomic E-state index is 3.50. The summed E-state index contributed by atoms with van der Waals surface area (Å²) in [6, 6.07) is 15.6. The number of hydrogen-bond acceptors (Lipinski definition) is 1. The molecule has 1 nitrogen and oxygen atoms in total. The van der Waals surface area contributed by atoms with Crippen molar-refractivity contribution in [2.24, 2.45) is 0 Å². The first-order valence-electron chi connectivity index (χ1n) is 7.13. The largest absolute Gasteiger partial charge is 0.385 e. The fourth-order valence-electron chi connectivity index (χ4n) is 3.10. The van der Waals surface area contributed by atoms with Gasteiger partial charge in [0, 0.05) is 12.2 Å². The van der Waals surface area contributed by atoms with Gasteiger partial charge in [-0.3, -0.25) is 0 Å². The molecular weight excluding hydrogens is 230 g/mol. The first kappa shape index (κ1) is 12.3. The lowest BCUT2D eigenvalue weighted by atomic mass is 9.85. The Labute approximate surface area is 115 Å². The average molecular weight is 251 g/mol. The van der Waals surface area contributed by atoms with Crippen molar-refractivity contribution in [3.63, 3.8) is 0 Å². The van der Waals surface area contributed by atoms with E-state index >= 15 is 0 Å². The van der Waals surface area contributed by atoms with Crippen LogP contribution in [-0.2, 0) is 6.42 Å². The van der Waals surface area contributed by atoms with Gasteiger partial charge in [-0.25, -0.2) is 0 Å². The molecule has 0 aliphatic carbocycles. The summed E-state index contributed by atoms with van der Waals surface area (Å²) in [7, 11) is 0. The number of rotatable bonds is 2. The number of fused-ring (bicyclic) bond motifs is 1. The van der Waals surface area contributed by atoms with Crippen molar-refractivity contribution in [3.05, 3.63) is 64.7 Å². The third-order valence-electron chi connectivity index (χ3n) is 4.17. The molecule has 0 saturated carbocycles. The fourth-order valence-corrected chi connectivity index (χ4v) is 3.10. The second-order valence-corrected chi connectivity index (χ2v) is 5.63. The van der Waals surface area contributed by atoms with Crippen LogP contribution in [0.4, 0.5) is 5.69 Å². The topological polar surface area (TPSA) is 12.0 Å². The van der Waals surface area contributed by atoms with Crippen LogP contribution in [0, 0.1) is 13.8 Å². The van der Waals surface area contributed by atoms with Crippen molar-refractivity contribution in [1.29, 1.82) is 0 Å². The molecule has 0 fully saturated rings. The van der Waals surface area contributed by atoms with E-state index in [1.165, 1.54) is 34.4 Å². The van der Waals surface area contributed by atoms with Gasteiger partial charge in [0.05, 0.1) is 0 Å². The van der Waals surface area contributed by atoms with Gasteiger partial charge in [0.25, 0.3) is 0 Å². The quantitative estimate of drug-likeness (QED) is 0.831. The third kappa shape index (κ3) is 2.51. The van der Waals surface area contributed by atoms with E-state index in [0.29, 0.717) is 5.92 Å². The highest BCUT2D eigenvalue weighted by atomic mass is 14.9. The highest BCUT2D eigenvalue weighted by Gasteiger charge is 2.20. The Kier molecular flexibility index (Phi) is 3.29. The molecule has 1 heterocycles. The zero-order valence-corrected chi connectivity index (χ0v) is 11.7. The van der Waals surface area contributed by atoms with Gasteiger partial charge in [-0.1, -0.05) is 42.0 Å². The van der Waals surface area contributed by atoms with Crippen LogP contribution in [0.1, 0.15) is 34.6 Å². The van der Waals surface area contributed by atoms with Gasteiger partial charge in [-0.2, -0.15) is 0 Å². The van der Waals surface area contributed by atoms with Gasteiger partial charge in [0.1, 0.15) is 0 Å². The lowest BCUT2D eigenvalue weighted by molar-refractivity contribution is 0.622. The Morgan fingerprint density at radius 3 is 2.79 bits per heavy atom. The van der Waals surface area contributed by atoms with Crippen LogP contribution in [0.3, 0.4) is 0 Å². The normalized spacial score (nSPS) is 17.7. The van der Waals surface area contributed by atoms with Crippen LogP contribution >= 0.6 is 0 Å². The second kappa shape index (κ2) is 5.08. The minimum absolute atomic E-state index is 0.652. The number of aryl methyl sites for hydroxylation is 2. The summed E-state index contributed by atoms with van der Waals surface area (Å²) in [6.07, 6.45) is 2.38. The summed E-state index contributed by atoms with van der Waals surface area (Å²) in [4.78, 5) is 0. The molecule has 1 heteroatoms. The van der Waals surface area contributed by atoms with Gasteiger partial charge >= 0.3 is 0 Å². The van der Waals surface area contributed by atoms with Crippen LogP contribution in [0.25, 0.3) is 0 Å². The molecule has 1 N–H and O–H groups in total. The van der Waals surface area contributed by atoms with Crippen LogP contribution in [0.5, 0.6) is 0 Å². The standard InChI is InChI=1S/C18H21N/c1-13-7-8-15(14(2)11-13)12-16-9-10-19-18-6-4-3-5-17(16)18/h3-8,11,16,19H,9-10,12H2,1-2H3. The summed E-state index contributed by atoms with van der Waals surface area (Å²) >= 11 is 0. The molecule has 3 rings (SSSR count). The SMILES string of the molecule is Cc1ccc(CC2CCNc3ccccc32)c(C)c1. The molecule has 2 aromatic carbocycles. The summed E-state index contributed by atoms with van der Waals surface area (Å²) in [6.45, 7) is 5.48. The van der Waals surface area contributed by atoms with Crippen molar-refractivity contribution in [2.45, 2.75) is 32.6 Å². The molecule has 0 saturated heterocycles. The maximum Gasteiger partial charge on any atom is 0.0375 e. The number of benzene rings is 2. The van der Waals surface area contributed by atoms with Crippen molar-refractivity contribution in [1.82, 2.24) is 0 Å². The van der Waals surface area contributed by atoms with Crippen molar-refractivity contribution >= 4 is 5.69 Å². The average Bonchev–Trinajstić information content (AvgIpc) is 2.42. The van der Waals surface area contributed by atoms with E-state index in [1.807, 2.05) is 0 Å². The molecule has 0 spiro atoms. The highest BCUT2D eigenvalue weighted by Crippen LogP contribution is 2.34. The Bertz CT molecular complexity index is 586. The fraction of sp³-hybridized carbons (Fsp3) is 0.333. The molecule has 1 atom stereocenters. The Hall–Kier alpha value is -1.76. The third-order valence-corrected chi connectivity index (χ3v) is 4.17. The molecule has 0 bridgehead atoms. The first-order valence-corrected chi connectivity index (χ1v) is 7.13. The summed E-state index contributed by atoms with van der Waals surface area (Å²) < 4.78 is 0. The molecule has 1 unspecified atom stereocenters. The van der Waals surface area contributed by atoms with Crippen molar-refractivity contribution in [2.75, 3.05) is 11.9 Å². The zero-order chi connectivity index (χ0) is 13.2. The predicted molar refractivity (Wildman–Crippen MR) is 81.9 cm³/mol. The Balaban J connectivity index is 1.88. The zero-order valence-electron chi connectivity index (χ0n) is 11.7. The van der Waals surface area contributed by atoms with Gasteiger partial charge < -0.3 is 5.32 Å². The number of hydrogen-bond donors (Lipinski definition) is 1. The number of nitrogens with one attached hydrogen (secondary N) is 1. The molecule has 2 aromatic rings.